The van der Waals surface area contributed by atoms with Gasteiger partial charge in [-0.3, -0.25) is 9.59 Å². The van der Waals surface area contributed by atoms with Gasteiger partial charge in [-0.1, -0.05) is 22.9 Å². The topological polar surface area (TPSA) is 55.5 Å². The maximum absolute atomic E-state index is 12.3. The van der Waals surface area contributed by atoms with Crippen molar-refractivity contribution in [2.75, 3.05) is 7.05 Å². The molecule has 3 aromatic rings. The molecule has 0 bridgehead atoms. The molecule has 0 N–H and O–H groups in total. The summed E-state index contributed by atoms with van der Waals surface area (Å²) in [5.41, 5.74) is 1.82. The number of rotatable bonds is 6. The number of hydrogen-bond donors (Lipinski definition) is 0. The Morgan fingerprint density at radius 2 is 1.96 bits per heavy atom. The Hall–Kier alpha value is -2.31. The summed E-state index contributed by atoms with van der Waals surface area (Å²) in [4.78, 5) is 25.6. The van der Waals surface area contributed by atoms with Crippen LogP contribution < -0.4 is 4.87 Å². The molecule has 0 spiro atoms. The van der Waals surface area contributed by atoms with E-state index in [0.29, 0.717) is 23.9 Å². The van der Waals surface area contributed by atoms with Crippen molar-refractivity contribution in [1.82, 2.24) is 9.47 Å². The van der Waals surface area contributed by atoms with Crippen LogP contribution in [0.25, 0.3) is 11.3 Å². The lowest BCUT2D eigenvalue weighted by Crippen LogP contribution is -2.28. The molecule has 136 valence electrons. The third-order valence-electron chi connectivity index (χ3n) is 4.13. The third-order valence-corrected chi connectivity index (χ3v) is 5.27. The first kappa shape index (κ1) is 18.5. The Morgan fingerprint density at radius 1 is 1.23 bits per heavy atom. The molecule has 0 atom stereocenters. The van der Waals surface area contributed by atoms with Crippen LogP contribution in [0.15, 0.2) is 51.0 Å². The Kier molecular flexibility index (Phi) is 5.64. The molecule has 1 amide bonds. The van der Waals surface area contributed by atoms with Crippen molar-refractivity contribution in [3.8, 4) is 11.3 Å². The SMILES string of the molecule is Cc1csc(=O)n1CCC(=O)N(C)Cc1ccc(-c2ccc(Cl)cc2)o1. The third kappa shape index (κ3) is 4.26. The van der Waals surface area contributed by atoms with Gasteiger partial charge in [0.1, 0.15) is 11.5 Å². The number of halogens is 1. The molecule has 2 aromatic heterocycles. The zero-order chi connectivity index (χ0) is 18.7. The summed E-state index contributed by atoms with van der Waals surface area (Å²) in [5.74, 6) is 1.40. The van der Waals surface area contributed by atoms with Gasteiger partial charge in [0.25, 0.3) is 0 Å². The average Bonchev–Trinajstić information content (AvgIpc) is 3.20. The average molecular weight is 391 g/mol. The number of hydrogen-bond acceptors (Lipinski definition) is 4. The first-order chi connectivity index (χ1) is 12.4. The number of carbonyl (C=O) groups is 1. The van der Waals surface area contributed by atoms with E-state index in [0.717, 1.165) is 28.4 Å². The molecule has 0 unspecified atom stereocenters. The lowest BCUT2D eigenvalue weighted by Gasteiger charge is -2.16. The summed E-state index contributed by atoms with van der Waals surface area (Å²) in [5, 5.41) is 2.48. The second-order valence-electron chi connectivity index (χ2n) is 6.07. The smallest absolute Gasteiger partial charge is 0.307 e. The first-order valence-corrected chi connectivity index (χ1v) is 9.43. The van der Waals surface area contributed by atoms with E-state index in [1.807, 2.05) is 43.3 Å². The number of carbonyl (C=O) groups excluding carboxylic acids is 1. The maximum atomic E-state index is 12.3. The molecule has 0 aliphatic heterocycles. The summed E-state index contributed by atoms with van der Waals surface area (Å²) in [7, 11) is 1.73. The number of amides is 1. The molecule has 26 heavy (non-hydrogen) atoms. The predicted molar refractivity (Wildman–Crippen MR) is 104 cm³/mol. The predicted octanol–water partition coefficient (Wildman–Crippen LogP) is 4.18. The van der Waals surface area contributed by atoms with E-state index < -0.39 is 0 Å². The van der Waals surface area contributed by atoms with E-state index in [-0.39, 0.29) is 17.2 Å². The second-order valence-corrected chi connectivity index (χ2v) is 7.32. The van der Waals surface area contributed by atoms with Gasteiger partial charge in [-0.05, 0) is 43.3 Å². The summed E-state index contributed by atoms with van der Waals surface area (Å²) in [6, 6.07) is 11.1. The minimum absolute atomic E-state index is 0.0309. The van der Waals surface area contributed by atoms with Gasteiger partial charge in [-0.25, -0.2) is 0 Å². The second kappa shape index (κ2) is 7.93. The Bertz CT molecular complexity index is 956. The standard InChI is InChI=1S/C19H19ClN2O3S/c1-13-12-26-19(24)22(13)10-9-18(23)21(2)11-16-7-8-17(25-16)14-3-5-15(20)6-4-14/h3-8,12H,9-11H2,1-2H3. The summed E-state index contributed by atoms with van der Waals surface area (Å²) in [6.45, 7) is 2.64. The lowest BCUT2D eigenvalue weighted by molar-refractivity contribution is -0.130. The van der Waals surface area contributed by atoms with E-state index >= 15 is 0 Å². The monoisotopic (exact) mass is 390 g/mol. The number of furan rings is 1. The molecule has 0 aliphatic rings. The highest BCUT2D eigenvalue weighted by atomic mass is 35.5. The Labute approximate surface area is 160 Å². The first-order valence-electron chi connectivity index (χ1n) is 8.17. The number of thiazole rings is 1. The summed E-state index contributed by atoms with van der Waals surface area (Å²) < 4.78 is 7.46. The van der Waals surface area contributed by atoms with Crippen molar-refractivity contribution in [2.24, 2.45) is 0 Å². The number of benzene rings is 1. The van der Waals surface area contributed by atoms with Crippen LogP contribution in [0.3, 0.4) is 0 Å². The molecule has 0 aliphatic carbocycles. The fourth-order valence-corrected chi connectivity index (χ4v) is 3.51. The Morgan fingerprint density at radius 3 is 2.62 bits per heavy atom. The zero-order valence-corrected chi connectivity index (χ0v) is 16.1. The highest BCUT2D eigenvalue weighted by Gasteiger charge is 2.13. The molecular weight excluding hydrogens is 372 g/mol. The van der Waals surface area contributed by atoms with Gasteiger partial charge >= 0.3 is 4.87 Å². The van der Waals surface area contributed by atoms with Crippen LogP contribution in [0.4, 0.5) is 0 Å². The quantitative estimate of drug-likeness (QED) is 0.634. The summed E-state index contributed by atoms with van der Waals surface area (Å²) in [6.07, 6.45) is 0.277. The van der Waals surface area contributed by atoms with Gasteiger partial charge in [0, 0.05) is 41.7 Å². The number of aromatic nitrogens is 1. The van der Waals surface area contributed by atoms with Crippen LogP contribution in [0, 0.1) is 6.92 Å². The molecule has 2 heterocycles. The van der Waals surface area contributed by atoms with E-state index in [1.54, 1.807) is 21.9 Å². The molecular formula is C19H19ClN2O3S. The van der Waals surface area contributed by atoms with Crippen LogP contribution >= 0.6 is 22.9 Å². The van der Waals surface area contributed by atoms with Crippen molar-refractivity contribution < 1.29 is 9.21 Å². The fourth-order valence-electron chi connectivity index (χ4n) is 2.63. The maximum Gasteiger partial charge on any atom is 0.307 e. The largest absolute Gasteiger partial charge is 0.459 e. The lowest BCUT2D eigenvalue weighted by atomic mass is 10.2. The van der Waals surface area contributed by atoms with Gasteiger partial charge < -0.3 is 13.9 Å². The normalized spacial score (nSPS) is 10.9. The minimum Gasteiger partial charge on any atom is -0.459 e. The molecule has 7 heteroatoms. The molecule has 0 saturated heterocycles. The molecule has 5 nitrogen and oxygen atoms in total. The molecule has 3 rings (SSSR count). The van der Waals surface area contributed by atoms with Crippen molar-refractivity contribution in [1.29, 1.82) is 0 Å². The van der Waals surface area contributed by atoms with Crippen LogP contribution in [-0.4, -0.2) is 22.4 Å². The van der Waals surface area contributed by atoms with Crippen molar-refractivity contribution in [2.45, 2.75) is 26.4 Å². The number of nitrogens with zero attached hydrogens (tertiary/aromatic N) is 2. The van der Waals surface area contributed by atoms with Gasteiger partial charge in [0.15, 0.2) is 0 Å². The van der Waals surface area contributed by atoms with Gasteiger partial charge in [0.2, 0.25) is 5.91 Å². The van der Waals surface area contributed by atoms with E-state index in [1.165, 1.54) is 0 Å². The van der Waals surface area contributed by atoms with Gasteiger partial charge in [-0.15, -0.1) is 0 Å². The van der Waals surface area contributed by atoms with Crippen molar-refractivity contribution >= 4 is 28.8 Å². The zero-order valence-electron chi connectivity index (χ0n) is 14.6. The Balaban J connectivity index is 1.59. The minimum atomic E-state index is -0.0352. The number of aryl methyl sites for hydroxylation is 1. The van der Waals surface area contributed by atoms with Crippen molar-refractivity contribution in [3.05, 3.63) is 67.9 Å². The molecule has 0 saturated carbocycles. The fraction of sp³-hybridized carbons (Fsp3) is 0.263. The molecule has 1 aromatic carbocycles. The van der Waals surface area contributed by atoms with E-state index in [9.17, 15) is 9.59 Å². The van der Waals surface area contributed by atoms with Crippen molar-refractivity contribution in [3.63, 3.8) is 0 Å². The van der Waals surface area contributed by atoms with Crippen LogP contribution in [-0.2, 0) is 17.9 Å². The van der Waals surface area contributed by atoms with Crippen LogP contribution in [0.5, 0.6) is 0 Å². The van der Waals surface area contributed by atoms with Crippen LogP contribution in [0.1, 0.15) is 17.9 Å². The van der Waals surface area contributed by atoms with Gasteiger partial charge in [-0.2, -0.15) is 0 Å². The molecule has 0 radical (unpaired) electrons. The highest BCUT2D eigenvalue weighted by Crippen LogP contribution is 2.24. The van der Waals surface area contributed by atoms with E-state index in [4.69, 9.17) is 16.0 Å². The van der Waals surface area contributed by atoms with Crippen LogP contribution in [0.2, 0.25) is 5.02 Å². The van der Waals surface area contributed by atoms with Gasteiger partial charge in [0.05, 0.1) is 6.54 Å². The highest BCUT2D eigenvalue weighted by molar-refractivity contribution is 7.07. The molecule has 0 fully saturated rings. The van der Waals surface area contributed by atoms with E-state index in [2.05, 4.69) is 0 Å². The summed E-state index contributed by atoms with van der Waals surface area (Å²) >= 11 is 7.05.